The third kappa shape index (κ3) is 6.72. The summed E-state index contributed by atoms with van der Waals surface area (Å²) in [6, 6.07) is 20.0. The van der Waals surface area contributed by atoms with Gasteiger partial charge in [0.05, 0.1) is 0 Å². The molecule has 1 saturated carbocycles. The molecule has 0 unspecified atom stereocenters. The van der Waals surface area contributed by atoms with Crippen molar-refractivity contribution in [1.82, 2.24) is 10.2 Å². The van der Waals surface area contributed by atoms with Gasteiger partial charge in [0.15, 0.2) is 0 Å². The van der Waals surface area contributed by atoms with Crippen LogP contribution in [-0.4, -0.2) is 35.3 Å². The molecule has 3 rings (SSSR count). The molecule has 2 aromatic carbocycles. The molecule has 30 heavy (non-hydrogen) atoms. The summed E-state index contributed by atoms with van der Waals surface area (Å²) >= 11 is 0. The van der Waals surface area contributed by atoms with Crippen LogP contribution in [0.1, 0.15) is 56.6 Å². The number of benzene rings is 2. The Hall–Kier alpha value is -2.62. The molecule has 0 saturated heterocycles. The summed E-state index contributed by atoms with van der Waals surface area (Å²) in [4.78, 5) is 27.8. The van der Waals surface area contributed by atoms with Crippen molar-refractivity contribution >= 4 is 11.8 Å². The zero-order valence-corrected chi connectivity index (χ0v) is 18.1. The first-order valence-corrected chi connectivity index (χ1v) is 11.3. The summed E-state index contributed by atoms with van der Waals surface area (Å²) in [5.41, 5.74) is 2.33. The van der Waals surface area contributed by atoms with Gasteiger partial charge in [-0.15, -0.1) is 0 Å². The molecule has 1 aliphatic rings. The Morgan fingerprint density at radius 2 is 1.47 bits per heavy atom. The third-order valence-corrected chi connectivity index (χ3v) is 6.07. The van der Waals surface area contributed by atoms with Crippen LogP contribution in [0.5, 0.6) is 0 Å². The second-order valence-corrected chi connectivity index (χ2v) is 8.33. The second-order valence-electron chi connectivity index (χ2n) is 8.33. The van der Waals surface area contributed by atoms with Crippen LogP contribution in [0, 0.1) is 0 Å². The molecule has 4 nitrogen and oxygen atoms in total. The fourth-order valence-corrected chi connectivity index (χ4v) is 4.18. The van der Waals surface area contributed by atoms with E-state index in [1.54, 1.807) is 4.90 Å². The van der Waals surface area contributed by atoms with E-state index in [1.807, 2.05) is 55.5 Å². The number of aryl methyl sites for hydroxylation is 1. The van der Waals surface area contributed by atoms with E-state index in [1.165, 1.54) is 24.8 Å². The average Bonchev–Trinajstić information content (AvgIpc) is 2.79. The van der Waals surface area contributed by atoms with Gasteiger partial charge >= 0.3 is 0 Å². The molecule has 0 radical (unpaired) electrons. The molecule has 1 aliphatic carbocycles. The quantitative estimate of drug-likeness (QED) is 0.665. The first kappa shape index (κ1) is 22.1. The summed E-state index contributed by atoms with van der Waals surface area (Å²) in [6.45, 7) is 2.42. The molecule has 0 aliphatic heterocycles. The molecule has 2 aromatic rings. The highest BCUT2D eigenvalue weighted by atomic mass is 16.2. The number of carbonyl (C=O) groups is 2. The van der Waals surface area contributed by atoms with Crippen molar-refractivity contribution < 1.29 is 9.59 Å². The van der Waals surface area contributed by atoms with Gasteiger partial charge in [-0.25, -0.2) is 0 Å². The van der Waals surface area contributed by atoms with E-state index >= 15 is 0 Å². The average molecular weight is 407 g/mol. The SMILES string of the molecule is C[C@@H](C(=O)NC1CCCCC1)N(CCc1ccccc1)C(=O)CCc1ccccc1. The van der Waals surface area contributed by atoms with E-state index < -0.39 is 6.04 Å². The lowest BCUT2D eigenvalue weighted by atomic mass is 9.95. The van der Waals surface area contributed by atoms with E-state index in [0.717, 1.165) is 24.8 Å². The molecule has 0 aromatic heterocycles. The molecule has 1 fully saturated rings. The minimum Gasteiger partial charge on any atom is -0.352 e. The van der Waals surface area contributed by atoms with Gasteiger partial charge in [0.1, 0.15) is 6.04 Å². The smallest absolute Gasteiger partial charge is 0.242 e. The maximum absolute atomic E-state index is 13.1. The highest BCUT2D eigenvalue weighted by molar-refractivity contribution is 5.87. The standard InChI is InChI=1S/C26H34N2O2/c1-21(26(30)27-24-15-9-4-10-16-24)28(20-19-23-13-7-3-8-14-23)25(29)18-17-22-11-5-2-6-12-22/h2-3,5-8,11-14,21,24H,4,9-10,15-20H2,1H3,(H,27,30)/t21-/m0/s1. The Balaban J connectivity index is 1.63. The molecule has 4 heteroatoms. The maximum atomic E-state index is 13.1. The minimum absolute atomic E-state index is 0.0250. The van der Waals surface area contributed by atoms with E-state index in [-0.39, 0.29) is 17.9 Å². The van der Waals surface area contributed by atoms with Crippen LogP contribution >= 0.6 is 0 Å². The number of hydrogen-bond donors (Lipinski definition) is 1. The number of rotatable bonds is 9. The van der Waals surface area contributed by atoms with Gasteiger partial charge in [-0.1, -0.05) is 79.9 Å². The number of carbonyl (C=O) groups excluding carboxylic acids is 2. The summed E-state index contributed by atoms with van der Waals surface area (Å²) in [5.74, 6) is 0.0177. The van der Waals surface area contributed by atoms with E-state index in [9.17, 15) is 9.59 Å². The van der Waals surface area contributed by atoms with Crippen molar-refractivity contribution in [3.05, 3.63) is 71.8 Å². The molecule has 160 valence electrons. The minimum atomic E-state index is -0.459. The van der Waals surface area contributed by atoms with Crippen LogP contribution in [0.3, 0.4) is 0 Å². The molecular weight excluding hydrogens is 372 g/mol. The van der Waals surface area contributed by atoms with Gasteiger partial charge in [-0.2, -0.15) is 0 Å². The normalized spacial score (nSPS) is 15.4. The lowest BCUT2D eigenvalue weighted by molar-refractivity contribution is -0.140. The molecule has 2 amide bonds. The Morgan fingerprint density at radius 3 is 2.07 bits per heavy atom. The van der Waals surface area contributed by atoms with Gasteiger partial charge in [-0.3, -0.25) is 9.59 Å². The lowest BCUT2D eigenvalue weighted by Crippen LogP contribution is -2.51. The largest absolute Gasteiger partial charge is 0.352 e. The predicted octanol–water partition coefficient (Wildman–Crippen LogP) is 4.53. The summed E-state index contributed by atoms with van der Waals surface area (Å²) in [6.07, 6.45) is 7.55. The zero-order chi connectivity index (χ0) is 21.2. The fourth-order valence-electron chi connectivity index (χ4n) is 4.18. The number of nitrogens with zero attached hydrogens (tertiary/aromatic N) is 1. The van der Waals surface area contributed by atoms with E-state index in [4.69, 9.17) is 0 Å². The van der Waals surface area contributed by atoms with E-state index in [0.29, 0.717) is 19.4 Å². The third-order valence-electron chi connectivity index (χ3n) is 6.07. The summed E-state index contributed by atoms with van der Waals surface area (Å²) in [5, 5.41) is 3.19. The van der Waals surface area contributed by atoms with Crippen LogP contribution in [-0.2, 0) is 22.4 Å². The number of nitrogens with one attached hydrogen (secondary N) is 1. The first-order chi connectivity index (χ1) is 14.6. The van der Waals surface area contributed by atoms with Gasteiger partial charge in [0.2, 0.25) is 11.8 Å². The van der Waals surface area contributed by atoms with Crippen molar-refractivity contribution in [2.45, 2.75) is 70.4 Å². The highest BCUT2D eigenvalue weighted by Crippen LogP contribution is 2.18. The van der Waals surface area contributed by atoms with Crippen molar-refractivity contribution in [2.75, 3.05) is 6.54 Å². The molecule has 1 atom stereocenters. The van der Waals surface area contributed by atoms with Crippen molar-refractivity contribution in [3.8, 4) is 0 Å². The lowest BCUT2D eigenvalue weighted by Gasteiger charge is -2.31. The highest BCUT2D eigenvalue weighted by Gasteiger charge is 2.27. The number of hydrogen-bond acceptors (Lipinski definition) is 2. The van der Waals surface area contributed by atoms with Gasteiger partial charge in [0.25, 0.3) is 0 Å². The van der Waals surface area contributed by atoms with Crippen molar-refractivity contribution in [2.24, 2.45) is 0 Å². The Bertz CT molecular complexity index is 785. The fraction of sp³-hybridized carbons (Fsp3) is 0.462. The molecule has 0 heterocycles. The zero-order valence-electron chi connectivity index (χ0n) is 18.1. The Labute approximate surface area is 180 Å². The van der Waals surface area contributed by atoms with Crippen molar-refractivity contribution in [1.29, 1.82) is 0 Å². The summed E-state index contributed by atoms with van der Waals surface area (Å²) in [7, 11) is 0. The van der Waals surface area contributed by atoms with Crippen LogP contribution in [0.15, 0.2) is 60.7 Å². The first-order valence-electron chi connectivity index (χ1n) is 11.3. The van der Waals surface area contributed by atoms with Crippen LogP contribution < -0.4 is 5.32 Å². The van der Waals surface area contributed by atoms with E-state index in [2.05, 4.69) is 17.4 Å². The molecular formula is C26H34N2O2. The van der Waals surface area contributed by atoms with Crippen LogP contribution in [0.2, 0.25) is 0 Å². The van der Waals surface area contributed by atoms with Gasteiger partial charge < -0.3 is 10.2 Å². The van der Waals surface area contributed by atoms with Gasteiger partial charge in [-0.05, 0) is 43.7 Å². The maximum Gasteiger partial charge on any atom is 0.242 e. The summed E-state index contributed by atoms with van der Waals surface area (Å²) < 4.78 is 0. The predicted molar refractivity (Wildman–Crippen MR) is 121 cm³/mol. The van der Waals surface area contributed by atoms with Crippen molar-refractivity contribution in [3.63, 3.8) is 0 Å². The number of amides is 2. The van der Waals surface area contributed by atoms with Gasteiger partial charge in [0, 0.05) is 19.0 Å². The molecule has 1 N–H and O–H groups in total. The Morgan fingerprint density at radius 1 is 0.900 bits per heavy atom. The monoisotopic (exact) mass is 406 g/mol. The molecule has 0 spiro atoms. The van der Waals surface area contributed by atoms with Crippen LogP contribution in [0.25, 0.3) is 0 Å². The molecule has 0 bridgehead atoms. The van der Waals surface area contributed by atoms with Crippen LogP contribution in [0.4, 0.5) is 0 Å². The second kappa shape index (κ2) is 11.5. The Kier molecular flexibility index (Phi) is 8.49. The topological polar surface area (TPSA) is 49.4 Å².